The topological polar surface area (TPSA) is 66.8 Å². The van der Waals surface area contributed by atoms with E-state index in [4.69, 9.17) is 9.84 Å². The van der Waals surface area contributed by atoms with Crippen molar-refractivity contribution < 1.29 is 19.4 Å². The van der Waals surface area contributed by atoms with E-state index in [-0.39, 0.29) is 11.3 Å². The molecule has 0 bridgehead atoms. The van der Waals surface area contributed by atoms with Gasteiger partial charge in [0.05, 0.1) is 5.56 Å². The molecule has 25 heavy (non-hydrogen) atoms. The minimum Gasteiger partial charge on any atom is -0.492 e. The first-order valence-electron chi connectivity index (χ1n) is 7.89. The molecule has 0 saturated carbocycles. The quantitative estimate of drug-likeness (QED) is 0.591. The van der Waals surface area contributed by atoms with Crippen molar-refractivity contribution in [2.24, 2.45) is 0 Å². The third-order valence-electron chi connectivity index (χ3n) is 3.53. The number of allylic oxidation sites excluding steroid dienone is 1. The number of rotatable bonds is 8. The molecule has 2 aromatic carbocycles. The van der Waals surface area contributed by atoms with E-state index in [1.807, 2.05) is 19.0 Å². The minimum atomic E-state index is -0.973. The number of ketones is 1. The van der Waals surface area contributed by atoms with E-state index < -0.39 is 5.97 Å². The highest BCUT2D eigenvalue weighted by molar-refractivity contribution is 6.06. The molecule has 0 saturated heterocycles. The summed E-state index contributed by atoms with van der Waals surface area (Å²) in [7, 11) is 3.96. The normalized spacial score (nSPS) is 11.0. The lowest BCUT2D eigenvalue weighted by molar-refractivity contribution is 0.0696. The number of aromatic carboxylic acids is 1. The van der Waals surface area contributed by atoms with Crippen LogP contribution < -0.4 is 4.74 Å². The van der Waals surface area contributed by atoms with Gasteiger partial charge in [-0.3, -0.25) is 4.79 Å². The van der Waals surface area contributed by atoms with Gasteiger partial charge in [0.2, 0.25) is 0 Å². The molecular formula is C20H21NO4. The van der Waals surface area contributed by atoms with E-state index in [1.165, 1.54) is 18.2 Å². The summed E-state index contributed by atoms with van der Waals surface area (Å²) in [4.78, 5) is 25.0. The molecule has 0 spiro atoms. The Labute approximate surface area is 147 Å². The van der Waals surface area contributed by atoms with E-state index in [0.29, 0.717) is 12.2 Å². The maximum Gasteiger partial charge on any atom is 0.335 e. The Kier molecular flexibility index (Phi) is 6.48. The van der Waals surface area contributed by atoms with Gasteiger partial charge in [-0.05, 0) is 62.1 Å². The molecule has 0 atom stereocenters. The number of carboxylic acids is 1. The van der Waals surface area contributed by atoms with Crippen LogP contribution in [0.15, 0.2) is 54.6 Å². The first-order chi connectivity index (χ1) is 12.0. The Morgan fingerprint density at radius 1 is 1.00 bits per heavy atom. The highest BCUT2D eigenvalue weighted by atomic mass is 16.5. The summed E-state index contributed by atoms with van der Waals surface area (Å²) >= 11 is 0. The molecule has 0 heterocycles. The van der Waals surface area contributed by atoms with Gasteiger partial charge in [0.15, 0.2) is 5.78 Å². The summed E-state index contributed by atoms with van der Waals surface area (Å²) in [5, 5.41) is 8.86. The van der Waals surface area contributed by atoms with Gasteiger partial charge >= 0.3 is 5.97 Å². The van der Waals surface area contributed by atoms with Crippen LogP contribution in [-0.2, 0) is 0 Å². The fraction of sp³-hybridized carbons (Fsp3) is 0.200. The van der Waals surface area contributed by atoms with Crippen LogP contribution in [0.4, 0.5) is 0 Å². The van der Waals surface area contributed by atoms with E-state index in [0.717, 1.165) is 17.9 Å². The Hall–Kier alpha value is -2.92. The van der Waals surface area contributed by atoms with Crippen molar-refractivity contribution in [1.29, 1.82) is 0 Å². The molecule has 0 aliphatic rings. The first-order valence-corrected chi connectivity index (χ1v) is 7.89. The number of carboxylic acid groups (broad SMARTS) is 1. The van der Waals surface area contributed by atoms with Crippen LogP contribution in [0.2, 0.25) is 0 Å². The second kappa shape index (κ2) is 8.80. The van der Waals surface area contributed by atoms with Crippen molar-refractivity contribution in [3.63, 3.8) is 0 Å². The van der Waals surface area contributed by atoms with Crippen molar-refractivity contribution in [2.45, 2.75) is 0 Å². The maximum absolute atomic E-state index is 12.2. The molecule has 0 aromatic heterocycles. The van der Waals surface area contributed by atoms with Crippen molar-refractivity contribution in [3.05, 3.63) is 71.3 Å². The second-order valence-corrected chi connectivity index (χ2v) is 5.80. The zero-order valence-corrected chi connectivity index (χ0v) is 14.3. The van der Waals surface area contributed by atoms with Crippen LogP contribution in [0.1, 0.15) is 26.3 Å². The molecule has 2 rings (SSSR count). The maximum atomic E-state index is 12.2. The van der Waals surface area contributed by atoms with Crippen molar-refractivity contribution in [1.82, 2.24) is 4.90 Å². The molecule has 130 valence electrons. The highest BCUT2D eigenvalue weighted by Crippen LogP contribution is 2.14. The predicted molar refractivity (Wildman–Crippen MR) is 97.3 cm³/mol. The van der Waals surface area contributed by atoms with Gasteiger partial charge in [-0.25, -0.2) is 4.79 Å². The average molecular weight is 339 g/mol. The molecule has 1 N–H and O–H groups in total. The number of hydrogen-bond donors (Lipinski definition) is 1. The average Bonchev–Trinajstić information content (AvgIpc) is 2.60. The Balaban J connectivity index is 1.94. The molecule has 0 aliphatic heterocycles. The SMILES string of the molecule is CN(C)CCOc1ccc(C(=O)/C=C/c2ccc(C(=O)O)cc2)cc1. The van der Waals surface area contributed by atoms with E-state index in [1.54, 1.807) is 42.5 Å². The van der Waals surface area contributed by atoms with Gasteiger partial charge < -0.3 is 14.7 Å². The number of ether oxygens (including phenoxy) is 1. The molecule has 0 radical (unpaired) electrons. The van der Waals surface area contributed by atoms with Gasteiger partial charge in [-0.15, -0.1) is 0 Å². The van der Waals surface area contributed by atoms with Gasteiger partial charge in [0.1, 0.15) is 12.4 Å². The fourth-order valence-electron chi connectivity index (χ4n) is 2.07. The van der Waals surface area contributed by atoms with E-state index >= 15 is 0 Å². The van der Waals surface area contributed by atoms with Gasteiger partial charge in [0, 0.05) is 12.1 Å². The molecule has 0 fully saturated rings. The van der Waals surface area contributed by atoms with E-state index in [9.17, 15) is 9.59 Å². The number of likely N-dealkylation sites (N-methyl/N-ethyl adjacent to an activating group) is 1. The molecule has 2 aromatic rings. The van der Waals surface area contributed by atoms with Crippen LogP contribution in [0.3, 0.4) is 0 Å². The first kappa shape index (κ1) is 18.4. The predicted octanol–water partition coefficient (Wildman–Crippen LogP) is 3.22. The zero-order chi connectivity index (χ0) is 18.2. The number of benzene rings is 2. The lowest BCUT2D eigenvalue weighted by Gasteiger charge is -2.10. The standard InChI is InChI=1S/C20H21NO4/c1-21(2)13-14-25-18-10-8-16(9-11-18)19(22)12-5-15-3-6-17(7-4-15)20(23)24/h3-12H,13-14H2,1-2H3,(H,23,24)/b12-5+. The van der Waals surface area contributed by atoms with Crippen LogP contribution >= 0.6 is 0 Å². The third-order valence-corrected chi connectivity index (χ3v) is 3.53. The summed E-state index contributed by atoms with van der Waals surface area (Å²) in [6, 6.07) is 13.3. The highest BCUT2D eigenvalue weighted by Gasteiger charge is 2.04. The molecular weight excluding hydrogens is 318 g/mol. The van der Waals surface area contributed by atoms with Gasteiger partial charge in [-0.2, -0.15) is 0 Å². The van der Waals surface area contributed by atoms with Crippen LogP contribution in [0.25, 0.3) is 6.08 Å². The zero-order valence-electron chi connectivity index (χ0n) is 14.3. The molecule has 5 heteroatoms. The number of nitrogens with zero attached hydrogens (tertiary/aromatic N) is 1. The number of carbonyl (C=O) groups excluding carboxylic acids is 1. The summed E-state index contributed by atoms with van der Waals surface area (Å²) in [6.07, 6.45) is 3.13. The van der Waals surface area contributed by atoms with Crippen LogP contribution in [0, 0.1) is 0 Å². The fourth-order valence-corrected chi connectivity index (χ4v) is 2.07. The van der Waals surface area contributed by atoms with Crippen molar-refractivity contribution in [2.75, 3.05) is 27.2 Å². The Morgan fingerprint density at radius 2 is 1.60 bits per heavy atom. The monoisotopic (exact) mass is 339 g/mol. The molecule has 0 amide bonds. The van der Waals surface area contributed by atoms with Crippen molar-refractivity contribution >= 4 is 17.8 Å². The van der Waals surface area contributed by atoms with Crippen LogP contribution in [0.5, 0.6) is 5.75 Å². The Bertz CT molecular complexity index is 746. The number of carbonyl (C=O) groups is 2. The van der Waals surface area contributed by atoms with Gasteiger partial charge in [0.25, 0.3) is 0 Å². The third kappa shape index (κ3) is 5.90. The summed E-state index contributed by atoms with van der Waals surface area (Å²) in [5.74, 6) is -0.367. The second-order valence-electron chi connectivity index (χ2n) is 5.80. The van der Waals surface area contributed by atoms with Crippen molar-refractivity contribution in [3.8, 4) is 5.75 Å². The lowest BCUT2D eigenvalue weighted by atomic mass is 10.1. The molecule has 0 aliphatic carbocycles. The number of hydrogen-bond acceptors (Lipinski definition) is 4. The molecule has 5 nitrogen and oxygen atoms in total. The summed E-state index contributed by atoms with van der Waals surface area (Å²) < 4.78 is 5.59. The Morgan fingerprint density at radius 3 is 2.16 bits per heavy atom. The summed E-state index contributed by atoms with van der Waals surface area (Å²) in [5.41, 5.74) is 1.55. The van der Waals surface area contributed by atoms with Gasteiger partial charge in [-0.1, -0.05) is 18.2 Å². The smallest absolute Gasteiger partial charge is 0.335 e. The van der Waals surface area contributed by atoms with E-state index in [2.05, 4.69) is 0 Å². The van der Waals surface area contributed by atoms with Crippen LogP contribution in [-0.4, -0.2) is 49.0 Å². The lowest BCUT2D eigenvalue weighted by Crippen LogP contribution is -2.19. The largest absolute Gasteiger partial charge is 0.492 e. The summed E-state index contributed by atoms with van der Waals surface area (Å²) in [6.45, 7) is 1.41. The molecule has 0 unspecified atom stereocenters. The minimum absolute atomic E-state index is 0.123.